The molecule has 2 aromatic heterocycles. The third kappa shape index (κ3) is 2.55. The summed E-state index contributed by atoms with van der Waals surface area (Å²) in [6.07, 6.45) is 2.36. The van der Waals surface area contributed by atoms with Crippen molar-refractivity contribution >= 4 is 27.3 Å². The van der Waals surface area contributed by atoms with Crippen molar-refractivity contribution in [1.29, 1.82) is 0 Å². The predicted octanol–water partition coefficient (Wildman–Crippen LogP) is 2.11. The van der Waals surface area contributed by atoms with Crippen molar-refractivity contribution in [2.75, 3.05) is 6.54 Å². The van der Waals surface area contributed by atoms with E-state index in [9.17, 15) is 9.59 Å². The first-order valence-electron chi connectivity index (χ1n) is 7.50. The maximum Gasteiger partial charge on any atom is 0.254 e. The second-order valence-electron chi connectivity index (χ2n) is 5.66. The summed E-state index contributed by atoms with van der Waals surface area (Å²) >= 11 is 1.66. The van der Waals surface area contributed by atoms with Crippen molar-refractivity contribution in [2.24, 2.45) is 0 Å². The molecule has 1 aromatic carbocycles. The summed E-state index contributed by atoms with van der Waals surface area (Å²) in [6, 6.07) is 8.13. The number of aromatic amines is 1. The van der Waals surface area contributed by atoms with Crippen LogP contribution in [0.1, 0.15) is 16.8 Å². The molecule has 23 heavy (non-hydrogen) atoms. The number of amides is 1. The molecule has 1 aliphatic heterocycles. The highest BCUT2D eigenvalue weighted by Gasteiger charge is 2.24. The van der Waals surface area contributed by atoms with Gasteiger partial charge in [-0.05, 0) is 28.8 Å². The van der Waals surface area contributed by atoms with Gasteiger partial charge in [0.1, 0.15) is 0 Å². The van der Waals surface area contributed by atoms with Gasteiger partial charge in [-0.15, -0.1) is 11.3 Å². The van der Waals surface area contributed by atoms with Crippen LogP contribution in [0.15, 0.2) is 40.8 Å². The third-order valence-electron chi connectivity index (χ3n) is 4.27. The normalized spacial score (nSPS) is 14.0. The van der Waals surface area contributed by atoms with Gasteiger partial charge in [-0.25, -0.2) is 4.98 Å². The van der Waals surface area contributed by atoms with Crippen LogP contribution in [-0.4, -0.2) is 27.3 Å². The molecule has 0 atom stereocenters. The number of thiophene rings is 1. The summed E-state index contributed by atoms with van der Waals surface area (Å²) in [5.41, 5.74) is 2.40. The zero-order valence-electron chi connectivity index (χ0n) is 12.4. The summed E-state index contributed by atoms with van der Waals surface area (Å²) < 4.78 is 1.20. The van der Waals surface area contributed by atoms with E-state index in [0.29, 0.717) is 37.2 Å². The molecule has 0 saturated heterocycles. The number of carbonyl (C=O) groups is 1. The number of nitrogens with zero attached hydrogens (tertiary/aromatic N) is 2. The van der Waals surface area contributed by atoms with Crippen LogP contribution in [-0.2, 0) is 24.2 Å². The Balaban J connectivity index is 1.55. The van der Waals surface area contributed by atoms with Crippen LogP contribution in [0.2, 0.25) is 0 Å². The lowest BCUT2D eigenvalue weighted by molar-refractivity contribution is -0.131. The van der Waals surface area contributed by atoms with Crippen molar-refractivity contribution < 1.29 is 4.79 Å². The highest BCUT2D eigenvalue weighted by Crippen LogP contribution is 2.26. The molecular formula is C17H15N3O2S. The predicted molar refractivity (Wildman–Crippen MR) is 89.5 cm³/mol. The van der Waals surface area contributed by atoms with Crippen molar-refractivity contribution in [2.45, 2.75) is 19.4 Å². The van der Waals surface area contributed by atoms with Gasteiger partial charge in [-0.3, -0.25) is 9.59 Å². The third-order valence-corrected chi connectivity index (χ3v) is 5.28. The molecule has 5 nitrogen and oxygen atoms in total. The maximum atomic E-state index is 12.6. The second kappa shape index (κ2) is 5.62. The van der Waals surface area contributed by atoms with Gasteiger partial charge in [0.15, 0.2) is 0 Å². The lowest BCUT2D eigenvalue weighted by atomic mass is 10.0. The summed E-state index contributed by atoms with van der Waals surface area (Å²) in [4.78, 5) is 33.0. The monoisotopic (exact) mass is 325 g/mol. The van der Waals surface area contributed by atoms with E-state index < -0.39 is 0 Å². The molecule has 0 unspecified atom stereocenters. The molecule has 0 spiro atoms. The fourth-order valence-corrected chi connectivity index (χ4v) is 3.99. The van der Waals surface area contributed by atoms with Gasteiger partial charge in [0.05, 0.1) is 25.0 Å². The van der Waals surface area contributed by atoms with E-state index in [1.165, 1.54) is 11.0 Å². The van der Waals surface area contributed by atoms with Crippen LogP contribution in [0.3, 0.4) is 0 Å². The zero-order chi connectivity index (χ0) is 15.8. The Hall–Kier alpha value is -2.47. The van der Waals surface area contributed by atoms with Crippen molar-refractivity contribution in [1.82, 2.24) is 14.9 Å². The number of hydrogen-bond acceptors (Lipinski definition) is 4. The SMILES string of the molecule is O=C(Cc1csc2ccccc12)N1CCc2c(nc[nH]c2=O)C1. The summed E-state index contributed by atoms with van der Waals surface area (Å²) in [6.45, 7) is 0.989. The largest absolute Gasteiger partial charge is 0.336 e. The minimum atomic E-state index is -0.0917. The smallest absolute Gasteiger partial charge is 0.254 e. The molecule has 6 heteroatoms. The van der Waals surface area contributed by atoms with Gasteiger partial charge in [0, 0.05) is 16.8 Å². The van der Waals surface area contributed by atoms with Gasteiger partial charge in [0.2, 0.25) is 5.91 Å². The molecule has 116 valence electrons. The first-order chi connectivity index (χ1) is 11.2. The van der Waals surface area contributed by atoms with Crippen molar-refractivity contribution in [3.63, 3.8) is 0 Å². The Morgan fingerprint density at radius 1 is 1.35 bits per heavy atom. The molecule has 4 rings (SSSR count). The number of aromatic nitrogens is 2. The number of carbonyl (C=O) groups excluding carboxylic acids is 1. The average Bonchev–Trinajstić information content (AvgIpc) is 2.98. The quantitative estimate of drug-likeness (QED) is 0.785. The molecule has 0 radical (unpaired) electrons. The number of benzene rings is 1. The molecule has 3 heterocycles. The Kier molecular flexibility index (Phi) is 3.46. The molecule has 0 aliphatic carbocycles. The van der Waals surface area contributed by atoms with Gasteiger partial charge in [-0.1, -0.05) is 18.2 Å². The maximum absolute atomic E-state index is 12.6. The van der Waals surface area contributed by atoms with E-state index in [1.807, 2.05) is 12.1 Å². The average molecular weight is 325 g/mol. The van der Waals surface area contributed by atoms with E-state index in [1.54, 1.807) is 16.2 Å². The zero-order valence-corrected chi connectivity index (χ0v) is 13.2. The number of rotatable bonds is 2. The molecule has 0 bridgehead atoms. The first-order valence-corrected chi connectivity index (χ1v) is 8.38. The molecule has 1 N–H and O–H groups in total. The van der Waals surface area contributed by atoms with Crippen molar-refractivity contribution in [3.05, 3.63) is 63.1 Å². The fourth-order valence-electron chi connectivity index (χ4n) is 3.02. The number of H-pyrrole nitrogens is 1. The van der Waals surface area contributed by atoms with Crippen molar-refractivity contribution in [3.8, 4) is 0 Å². The number of nitrogens with one attached hydrogen (secondary N) is 1. The van der Waals surface area contributed by atoms with E-state index >= 15 is 0 Å². The summed E-state index contributed by atoms with van der Waals surface area (Å²) in [5, 5.41) is 3.21. The Morgan fingerprint density at radius 2 is 2.22 bits per heavy atom. The standard InChI is InChI=1S/C17H15N3O2S/c21-16(7-11-9-23-15-4-2-1-3-12(11)15)20-6-5-13-14(8-20)18-10-19-17(13)22/h1-4,9-10H,5-8H2,(H,18,19,22). The summed E-state index contributed by atoms with van der Waals surface area (Å²) in [7, 11) is 0. The molecular weight excluding hydrogens is 310 g/mol. The highest BCUT2D eigenvalue weighted by molar-refractivity contribution is 7.17. The Morgan fingerprint density at radius 3 is 3.13 bits per heavy atom. The highest BCUT2D eigenvalue weighted by atomic mass is 32.1. The van der Waals surface area contributed by atoms with E-state index in [2.05, 4.69) is 27.5 Å². The Bertz CT molecular complexity index is 944. The fraction of sp³-hybridized carbons (Fsp3) is 0.235. The molecule has 0 saturated carbocycles. The minimum absolute atomic E-state index is 0.0845. The molecule has 3 aromatic rings. The summed E-state index contributed by atoms with van der Waals surface area (Å²) in [5.74, 6) is 0.0845. The second-order valence-corrected chi connectivity index (χ2v) is 6.57. The number of fused-ring (bicyclic) bond motifs is 2. The Labute approximate surface area is 136 Å². The molecule has 0 fully saturated rings. The van der Waals surface area contributed by atoms with E-state index in [-0.39, 0.29) is 11.5 Å². The van der Waals surface area contributed by atoms with E-state index in [0.717, 1.165) is 10.9 Å². The van der Waals surface area contributed by atoms with Crippen LogP contribution in [0.5, 0.6) is 0 Å². The van der Waals surface area contributed by atoms with Crippen LogP contribution < -0.4 is 5.56 Å². The lowest BCUT2D eigenvalue weighted by Gasteiger charge is -2.27. The van der Waals surface area contributed by atoms with Crippen LogP contribution in [0.25, 0.3) is 10.1 Å². The molecule has 1 amide bonds. The van der Waals surface area contributed by atoms with E-state index in [4.69, 9.17) is 0 Å². The van der Waals surface area contributed by atoms with Crippen LogP contribution in [0, 0.1) is 0 Å². The van der Waals surface area contributed by atoms with Gasteiger partial charge in [-0.2, -0.15) is 0 Å². The first kappa shape index (κ1) is 14.1. The topological polar surface area (TPSA) is 66.1 Å². The van der Waals surface area contributed by atoms with Gasteiger partial charge >= 0.3 is 0 Å². The molecule has 1 aliphatic rings. The minimum Gasteiger partial charge on any atom is -0.336 e. The van der Waals surface area contributed by atoms with Gasteiger partial charge < -0.3 is 9.88 Å². The lowest BCUT2D eigenvalue weighted by Crippen LogP contribution is -2.39. The van der Waals surface area contributed by atoms with Crippen LogP contribution in [0.4, 0.5) is 0 Å². The van der Waals surface area contributed by atoms with Gasteiger partial charge in [0.25, 0.3) is 5.56 Å². The number of hydrogen-bond donors (Lipinski definition) is 1. The van der Waals surface area contributed by atoms with Crippen LogP contribution >= 0.6 is 11.3 Å².